The molecule has 1 aromatic heterocycles. The van der Waals surface area contributed by atoms with Crippen molar-refractivity contribution in [3.63, 3.8) is 0 Å². The molecule has 1 saturated heterocycles. The van der Waals surface area contributed by atoms with Crippen LogP contribution in [-0.2, 0) is 6.54 Å². The highest BCUT2D eigenvalue weighted by Gasteiger charge is 2.18. The number of benzene rings is 1. The molecule has 0 unspecified atom stereocenters. The summed E-state index contributed by atoms with van der Waals surface area (Å²) in [4.78, 5) is 14.5. The minimum Gasteiger partial charge on any atom is -0.368 e. The molecule has 0 bridgehead atoms. The SMILES string of the molecule is Cc1ccccc1Nc1nc(N)nc(C[NH+]2CCCC2)n1. The number of hydrogen-bond donors (Lipinski definition) is 3. The van der Waals surface area contributed by atoms with Crippen molar-refractivity contribution in [1.29, 1.82) is 0 Å². The number of anilines is 3. The summed E-state index contributed by atoms with van der Waals surface area (Å²) in [5, 5.41) is 3.23. The van der Waals surface area contributed by atoms with Crippen molar-refractivity contribution in [3.8, 4) is 0 Å². The van der Waals surface area contributed by atoms with Crippen molar-refractivity contribution >= 4 is 17.6 Å². The Hall–Kier alpha value is -2.21. The third kappa shape index (κ3) is 3.46. The van der Waals surface area contributed by atoms with E-state index in [0.717, 1.165) is 23.6 Å². The highest BCUT2D eigenvalue weighted by atomic mass is 15.2. The van der Waals surface area contributed by atoms with Gasteiger partial charge in [-0.1, -0.05) is 18.2 Å². The van der Waals surface area contributed by atoms with E-state index in [2.05, 4.69) is 20.3 Å². The molecule has 6 nitrogen and oxygen atoms in total. The van der Waals surface area contributed by atoms with Gasteiger partial charge >= 0.3 is 0 Å². The number of para-hydroxylation sites is 1. The van der Waals surface area contributed by atoms with Gasteiger partial charge in [0, 0.05) is 18.5 Å². The van der Waals surface area contributed by atoms with E-state index in [1.54, 1.807) is 0 Å². The Labute approximate surface area is 124 Å². The summed E-state index contributed by atoms with van der Waals surface area (Å²) in [5.41, 5.74) is 7.94. The second-order valence-electron chi connectivity index (χ2n) is 5.51. The Morgan fingerprint density at radius 1 is 1.14 bits per heavy atom. The third-order valence-electron chi connectivity index (χ3n) is 3.81. The molecule has 6 heteroatoms. The van der Waals surface area contributed by atoms with Crippen LogP contribution >= 0.6 is 0 Å². The first kappa shape index (κ1) is 13.8. The largest absolute Gasteiger partial charge is 0.368 e. The Morgan fingerprint density at radius 2 is 1.90 bits per heavy atom. The number of likely N-dealkylation sites (tertiary alicyclic amines) is 1. The Kier molecular flexibility index (Phi) is 3.96. The molecule has 0 amide bonds. The number of nitrogen functional groups attached to an aromatic ring is 1. The summed E-state index contributed by atoms with van der Waals surface area (Å²) < 4.78 is 0. The molecule has 1 aliphatic heterocycles. The van der Waals surface area contributed by atoms with Gasteiger partial charge in [-0.2, -0.15) is 15.0 Å². The summed E-state index contributed by atoms with van der Waals surface area (Å²) in [6, 6.07) is 8.03. The molecule has 1 aromatic carbocycles. The van der Waals surface area contributed by atoms with Crippen molar-refractivity contribution in [2.24, 2.45) is 0 Å². The van der Waals surface area contributed by atoms with Gasteiger partial charge in [-0.3, -0.25) is 0 Å². The van der Waals surface area contributed by atoms with Crippen molar-refractivity contribution in [3.05, 3.63) is 35.7 Å². The fourth-order valence-electron chi connectivity index (χ4n) is 2.68. The van der Waals surface area contributed by atoms with E-state index in [9.17, 15) is 0 Å². The van der Waals surface area contributed by atoms with Crippen molar-refractivity contribution in [2.75, 3.05) is 24.1 Å². The molecule has 2 aromatic rings. The molecule has 4 N–H and O–H groups in total. The van der Waals surface area contributed by atoms with Crippen LogP contribution in [0.25, 0.3) is 0 Å². The Bertz CT molecular complexity index is 621. The van der Waals surface area contributed by atoms with Crippen LogP contribution in [-0.4, -0.2) is 28.0 Å². The molecule has 3 rings (SSSR count). The van der Waals surface area contributed by atoms with Crippen LogP contribution < -0.4 is 16.0 Å². The molecule has 0 radical (unpaired) electrons. The highest BCUT2D eigenvalue weighted by Crippen LogP contribution is 2.17. The standard InChI is InChI=1S/C15H20N6/c1-11-6-2-3-7-12(11)17-15-19-13(18-14(16)20-15)10-21-8-4-5-9-21/h2-3,6-7H,4-5,8-10H2,1H3,(H3,16,17,18,19,20)/p+1. The maximum Gasteiger partial charge on any atom is 0.232 e. The highest BCUT2D eigenvalue weighted by molar-refractivity contribution is 5.58. The first-order valence-electron chi connectivity index (χ1n) is 7.37. The lowest BCUT2D eigenvalue weighted by Gasteiger charge is -2.12. The van der Waals surface area contributed by atoms with E-state index in [1.165, 1.54) is 30.8 Å². The predicted molar refractivity (Wildman–Crippen MR) is 82.3 cm³/mol. The minimum atomic E-state index is 0.273. The summed E-state index contributed by atoms with van der Waals surface area (Å²) in [5.74, 6) is 1.55. The van der Waals surface area contributed by atoms with Crippen LogP contribution in [0.3, 0.4) is 0 Å². The first-order chi connectivity index (χ1) is 10.2. The van der Waals surface area contributed by atoms with E-state index < -0.39 is 0 Å². The lowest BCUT2D eigenvalue weighted by molar-refractivity contribution is -0.902. The predicted octanol–water partition coefficient (Wildman–Crippen LogP) is 0.685. The topological polar surface area (TPSA) is 81.2 Å². The molecule has 0 saturated carbocycles. The molecule has 1 aliphatic rings. The van der Waals surface area contributed by atoms with Gasteiger partial charge in [0.05, 0.1) is 13.1 Å². The molecule has 0 atom stereocenters. The van der Waals surface area contributed by atoms with Gasteiger partial charge in [0.1, 0.15) is 6.54 Å². The van der Waals surface area contributed by atoms with Crippen LogP contribution in [0.1, 0.15) is 24.2 Å². The van der Waals surface area contributed by atoms with Crippen molar-refractivity contribution in [1.82, 2.24) is 15.0 Å². The monoisotopic (exact) mass is 285 g/mol. The molecule has 110 valence electrons. The normalized spacial score (nSPS) is 15.3. The second-order valence-corrected chi connectivity index (χ2v) is 5.51. The van der Waals surface area contributed by atoms with E-state index >= 15 is 0 Å². The molecule has 0 spiro atoms. The van der Waals surface area contributed by atoms with Gasteiger partial charge in [0.2, 0.25) is 11.9 Å². The Balaban J connectivity index is 1.79. The molecule has 2 heterocycles. The van der Waals surface area contributed by atoms with Gasteiger partial charge in [-0.15, -0.1) is 0 Å². The lowest BCUT2D eigenvalue weighted by atomic mass is 10.2. The quantitative estimate of drug-likeness (QED) is 0.770. The number of nitrogens with one attached hydrogen (secondary N) is 2. The van der Waals surface area contributed by atoms with Crippen molar-refractivity contribution in [2.45, 2.75) is 26.3 Å². The van der Waals surface area contributed by atoms with Gasteiger partial charge in [-0.25, -0.2) is 0 Å². The molecular formula is C15H21N6+. The minimum absolute atomic E-state index is 0.273. The van der Waals surface area contributed by atoms with Crippen molar-refractivity contribution < 1.29 is 4.90 Å². The number of quaternary nitrogens is 1. The van der Waals surface area contributed by atoms with Gasteiger partial charge < -0.3 is 16.0 Å². The molecular weight excluding hydrogens is 264 g/mol. The summed E-state index contributed by atoms with van der Waals surface area (Å²) in [6.45, 7) is 5.23. The number of rotatable bonds is 4. The average molecular weight is 285 g/mol. The van der Waals surface area contributed by atoms with E-state index in [-0.39, 0.29) is 5.95 Å². The van der Waals surface area contributed by atoms with Gasteiger partial charge in [0.25, 0.3) is 0 Å². The van der Waals surface area contributed by atoms with Crippen LogP contribution in [0, 0.1) is 6.92 Å². The van der Waals surface area contributed by atoms with Crippen LogP contribution in [0.5, 0.6) is 0 Å². The lowest BCUT2D eigenvalue weighted by Crippen LogP contribution is -3.08. The zero-order chi connectivity index (χ0) is 14.7. The fraction of sp³-hybridized carbons (Fsp3) is 0.400. The maximum atomic E-state index is 5.81. The maximum absolute atomic E-state index is 5.81. The number of hydrogen-bond acceptors (Lipinski definition) is 5. The van der Waals surface area contributed by atoms with E-state index in [1.807, 2.05) is 31.2 Å². The molecule has 0 aliphatic carbocycles. The first-order valence-corrected chi connectivity index (χ1v) is 7.37. The molecule has 21 heavy (non-hydrogen) atoms. The average Bonchev–Trinajstić information content (AvgIpc) is 2.93. The summed E-state index contributed by atoms with van der Waals surface area (Å²) in [7, 11) is 0. The fourth-order valence-corrected chi connectivity index (χ4v) is 2.68. The zero-order valence-electron chi connectivity index (χ0n) is 12.3. The number of nitrogens with zero attached hydrogens (tertiary/aromatic N) is 3. The summed E-state index contributed by atoms with van der Waals surface area (Å²) >= 11 is 0. The Morgan fingerprint density at radius 3 is 2.67 bits per heavy atom. The summed E-state index contributed by atoms with van der Waals surface area (Å²) in [6.07, 6.45) is 2.56. The molecule has 1 fully saturated rings. The third-order valence-corrected chi connectivity index (χ3v) is 3.81. The van der Waals surface area contributed by atoms with E-state index in [4.69, 9.17) is 5.73 Å². The van der Waals surface area contributed by atoms with Gasteiger partial charge in [-0.05, 0) is 18.6 Å². The van der Waals surface area contributed by atoms with E-state index in [0.29, 0.717) is 5.95 Å². The van der Waals surface area contributed by atoms with Crippen LogP contribution in [0.2, 0.25) is 0 Å². The number of aromatic nitrogens is 3. The van der Waals surface area contributed by atoms with Crippen LogP contribution in [0.15, 0.2) is 24.3 Å². The number of aryl methyl sites for hydroxylation is 1. The second kappa shape index (κ2) is 6.05. The number of nitrogens with two attached hydrogens (primary N) is 1. The van der Waals surface area contributed by atoms with Gasteiger partial charge in [0.15, 0.2) is 5.82 Å². The smallest absolute Gasteiger partial charge is 0.232 e. The zero-order valence-corrected chi connectivity index (χ0v) is 12.3. The van der Waals surface area contributed by atoms with Crippen LogP contribution in [0.4, 0.5) is 17.6 Å².